The molecule has 20 heavy (non-hydrogen) atoms. The van der Waals surface area contributed by atoms with Gasteiger partial charge in [-0.25, -0.2) is 0 Å². The minimum Gasteiger partial charge on any atom is -0.326 e. The molecule has 1 fully saturated rings. The highest BCUT2D eigenvalue weighted by molar-refractivity contribution is 5.93. The molecule has 1 saturated heterocycles. The summed E-state index contributed by atoms with van der Waals surface area (Å²) in [6, 6.07) is 6.32. The van der Waals surface area contributed by atoms with Crippen LogP contribution in [0.2, 0.25) is 0 Å². The smallest absolute Gasteiger partial charge is 0.224 e. The molecule has 0 radical (unpaired) electrons. The van der Waals surface area contributed by atoms with Crippen LogP contribution in [-0.4, -0.2) is 36.2 Å². The lowest BCUT2D eigenvalue weighted by molar-refractivity contribution is -0.121. The molecule has 0 atom stereocenters. The second-order valence-corrected chi connectivity index (χ2v) is 5.67. The monoisotopic (exact) mass is 272 g/mol. The number of Topliss-reactive ketones (excluding diaryl/α,β-unsaturated/α-hetero) is 1. The third-order valence-electron chi connectivity index (χ3n) is 4.20. The first-order valence-corrected chi connectivity index (χ1v) is 7.36. The van der Waals surface area contributed by atoms with Crippen molar-refractivity contribution < 1.29 is 9.59 Å². The van der Waals surface area contributed by atoms with Gasteiger partial charge in [-0.05, 0) is 30.0 Å². The number of nitrogens with one attached hydrogen (secondary N) is 1. The van der Waals surface area contributed by atoms with E-state index in [0.717, 1.165) is 38.2 Å². The van der Waals surface area contributed by atoms with Crippen molar-refractivity contribution in [2.45, 2.75) is 32.1 Å². The molecule has 2 aliphatic heterocycles. The average molecular weight is 272 g/mol. The molecule has 2 heterocycles. The first kappa shape index (κ1) is 13.3. The highest BCUT2D eigenvalue weighted by Crippen LogP contribution is 2.23. The fraction of sp³-hybridized carbons (Fsp3) is 0.500. The Kier molecular flexibility index (Phi) is 3.83. The Hall–Kier alpha value is -1.68. The van der Waals surface area contributed by atoms with Gasteiger partial charge in [0.1, 0.15) is 5.78 Å². The van der Waals surface area contributed by atoms with Crippen LogP contribution in [0, 0.1) is 0 Å². The third kappa shape index (κ3) is 3.07. The topological polar surface area (TPSA) is 49.4 Å². The van der Waals surface area contributed by atoms with E-state index < -0.39 is 0 Å². The van der Waals surface area contributed by atoms with Gasteiger partial charge in [-0.3, -0.25) is 9.59 Å². The summed E-state index contributed by atoms with van der Waals surface area (Å²) < 4.78 is 0. The van der Waals surface area contributed by atoms with Crippen molar-refractivity contribution >= 4 is 17.4 Å². The van der Waals surface area contributed by atoms with Crippen molar-refractivity contribution in [2.24, 2.45) is 0 Å². The highest BCUT2D eigenvalue weighted by atomic mass is 16.1. The lowest BCUT2D eigenvalue weighted by atomic mass is 9.99. The Labute approximate surface area is 119 Å². The molecule has 1 aromatic rings. The molecule has 1 N–H and O–H groups in total. The number of aryl methyl sites for hydroxylation is 1. The van der Waals surface area contributed by atoms with Crippen LogP contribution < -0.4 is 5.32 Å². The van der Waals surface area contributed by atoms with Crippen molar-refractivity contribution in [2.75, 3.05) is 25.0 Å². The van der Waals surface area contributed by atoms with E-state index in [1.165, 1.54) is 11.1 Å². The van der Waals surface area contributed by atoms with Crippen molar-refractivity contribution in [1.82, 2.24) is 4.90 Å². The predicted octanol–water partition coefficient (Wildman–Crippen LogP) is 1.78. The van der Waals surface area contributed by atoms with Gasteiger partial charge in [0.15, 0.2) is 0 Å². The van der Waals surface area contributed by atoms with Crippen LogP contribution in [0.25, 0.3) is 0 Å². The maximum Gasteiger partial charge on any atom is 0.224 e. The summed E-state index contributed by atoms with van der Waals surface area (Å²) >= 11 is 0. The molecule has 106 valence electrons. The number of nitrogens with zero attached hydrogens (tertiary/aromatic N) is 1. The first-order valence-electron chi connectivity index (χ1n) is 7.36. The number of fused-ring (bicyclic) bond motifs is 1. The number of amides is 1. The van der Waals surface area contributed by atoms with Crippen LogP contribution in [0.15, 0.2) is 18.2 Å². The van der Waals surface area contributed by atoms with E-state index in [4.69, 9.17) is 0 Å². The summed E-state index contributed by atoms with van der Waals surface area (Å²) in [6.45, 7) is 2.82. The van der Waals surface area contributed by atoms with Gasteiger partial charge in [-0.2, -0.15) is 0 Å². The highest BCUT2D eigenvalue weighted by Gasteiger charge is 2.17. The zero-order valence-electron chi connectivity index (χ0n) is 11.7. The minimum atomic E-state index is 0.114. The Morgan fingerprint density at radius 3 is 2.65 bits per heavy atom. The van der Waals surface area contributed by atoms with Gasteiger partial charge in [0.05, 0.1) is 0 Å². The molecule has 0 bridgehead atoms. The van der Waals surface area contributed by atoms with E-state index >= 15 is 0 Å². The number of carbonyl (C=O) groups is 2. The lowest BCUT2D eigenvalue weighted by Gasteiger charge is -2.26. The van der Waals surface area contributed by atoms with Crippen LogP contribution in [0.4, 0.5) is 5.69 Å². The number of hydrogen-bond acceptors (Lipinski definition) is 3. The average Bonchev–Trinajstić information content (AvgIpc) is 2.46. The molecule has 1 amide bonds. The first-order chi connectivity index (χ1) is 9.70. The number of ketones is 1. The van der Waals surface area contributed by atoms with E-state index in [0.29, 0.717) is 25.0 Å². The molecule has 0 spiro atoms. The lowest BCUT2D eigenvalue weighted by Crippen LogP contribution is -2.35. The fourth-order valence-electron chi connectivity index (χ4n) is 2.91. The van der Waals surface area contributed by atoms with Crippen LogP contribution in [-0.2, 0) is 22.4 Å². The summed E-state index contributed by atoms with van der Waals surface area (Å²) in [6.07, 6.45) is 3.85. The molecule has 0 unspecified atom stereocenters. The van der Waals surface area contributed by atoms with E-state index in [2.05, 4.69) is 22.3 Å². The summed E-state index contributed by atoms with van der Waals surface area (Å²) in [5.74, 6) is 0.508. The molecule has 0 aromatic heterocycles. The molecule has 2 aliphatic rings. The Bertz CT molecular complexity index is 529. The molecule has 1 aromatic carbocycles. The van der Waals surface area contributed by atoms with Crippen LogP contribution in [0.5, 0.6) is 0 Å². The zero-order valence-corrected chi connectivity index (χ0v) is 11.7. The van der Waals surface area contributed by atoms with Gasteiger partial charge >= 0.3 is 0 Å². The molecular formula is C16H20N2O2. The summed E-state index contributed by atoms with van der Waals surface area (Å²) in [5.41, 5.74) is 3.53. The van der Waals surface area contributed by atoms with Gasteiger partial charge in [0.2, 0.25) is 5.91 Å². The van der Waals surface area contributed by atoms with Gasteiger partial charge in [0, 0.05) is 44.6 Å². The number of likely N-dealkylation sites (tertiary alicyclic amines) is 1. The van der Waals surface area contributed by atoms with Crippen LogP contribution in [0.1, 0.15) is 30.4 Å². The maximum atomic E-state index is 11.3. The zero-order chi connectivity index (χ0) is 13.9. The number of carbonyl (C=O) groups excluding carboxylic acids is 2. The van der Waals surface area contributed by atoms with E-state index in [9.17, 15) is 9.59 Å². The normalized spacial score (nSPS) is 19.6. The Morgan fingerprint density at radius 2 is 1.85 bits per heavy atom. The van der Waals surface area contributed by atoms with E-state index in [1.54, 1.807) is 0 Å². The number of benzene rings is 1. The largest absolute Gasteiger partial charge is 0.326 e. The van der Waals surface area contributed by atoms with Crippen molar-refractivity contribution in [1.29, 1.82) is 0 Å². The number of anilines is 1. The number of rotatable bonds is 3. The minimum absolute atomic E-state index is 0.114. The Balaban J connectivity index is 1.58. The van der Waals surface area contributed by atoms with E-state index in [-0.39, 0.29) is 5.91 Å². The number of piperidine rings is 1. The second-order valence-electron chi connectivity index (χ2n) is 5.67. The van der Waals surface area contributed by atoms with Crippen molar-refractivity contribution in [3.05, 3.63) is 29.3 Å². The SMILES string of the molecule is O=C1CCN(CCc2ccc3c(c2)CCC(=O)N3)CC1. The molecule has 4 heteroatoms. The maximum absolute atomic E-state index is 11.3. The fourth-order valence-corrected chi connectivity index (χ4v) is 2.91. The van der Waals surface area contributed by atoms with Crippen molar-refractivity contribution in [3.8, 4) is 0 Å². The summed E-state index contributed by atoms with van der Waals surface area (Å²) in [4.78, 5) is 24.9. The standard InChI is InChI=1S/C16H20N2O2/c19-14-6-9-18(10-7-14)8-5-12-1-3-15-13(11-12)2-4-16(20)17-15/h1,3,11H,2,4-10H2,(H,17,20). The summed E-state index contributed by atoms with van der Waals surface area (Å²) in [5, 5.41) is 2.91. The molecule has 0 aliphatic carbocycles. The third-order valence-corrected chi connectivity index (χ3v) is 4.20. The van der Waals surface area contributed by atoms with E-state index in [1.807, 2.05) is 6.07 Å². The Morgan fingerprint density at radius 1 is 1.05 bits per heavy atom. The molecule has 3 rings (SSSR count). The van der Waals surface area contributed by atoms with Crippen LogP contribution >= 0.6 is 0 Å². The summed E-state index contributed by atoms with van der Waals surface area (Å²) in [7, 11) is 0. The second kappa shape index (κ2) is 5.75. The van der Waals surface area contributed by atoms with Gasteiger partial charge in [-0.1, -0.05) is 12.1 Å². The van der Waals surface area contributed by atoms with Crippen molar-refractivity contribution in [3.63, 3.8) is 0 Å². The van der Waals surface area contributed by atoms with Gasteiger partial charge in [0.25, 0.3) is 0 Å². The number of hydrogen-bond donors (Lipinski definition) is 1. The molecular weight excluding hydrogens is 252 g/mol. The molecule has 4 nitrogen and oxygen atoms in total. The van der Waals surface area contributed by atoms with Gasteiger partial charge in [-0.15, -0.1) is 0 Å². The van der Waals surface area contributed by atoms with Crippen LogP contribution in [0.3, 0.4) is 0 Å². The quantitative estimate of drug-likeness (QED) is 0.912. The molecule has 0 saturated carbocycles. The van der Waals surface area contributed by atoms with Gasteiger partial charge < -0.3 is 10.2 Å². The predicted molar refractivity (Wildman–Crippen MR) is 77.8 cm³/mol.